The van der Waals surface area contributed by atoms with Crippen LogP contribution in [0.15, 0.2) is 79.5 Å². The molecule has 0 N–H and O–H groups in total. The number of ketones is 2. The van der Waals surface area contributed by atoms with Gasteiger partial charge >= 0.3 is 0 Å². The maximum atomic E-state index is 15.2. The smallest absolute Gasteiger partial charge is 0.166 e. The van der Waals surface area contributed by atoms with E-state index in [4.69, 9.17) is 4.74 Å². The van der Waals surface area contributed by atoms with E-state index in [0.717, 1.165) is 11.3 Å². The quantitative estimate of drug-likeness (QED) is 0.237. The monoisotopic (exact) mass is 526 g/mol. The van der Waals surface area contributed by atoms with Gasteiger partial charge in [-0.05, 0) is 60.4 Å². The van der Waals surface area contributed by atoms with Gasteiger partial charge in [0.05, 0.1) is 23.6 Å². The number of aryl methyl sites for hydroxylation is 1. The summed E-state index contributed by atoms with van der Waals surface area (Å²) in [5.41, 5.74) is 2.21. The van der Waals surface area contributed by atoms with Crippen molar-refractivity contribution in [2.24, 2.45) is 12.5 Å². The topological polar surface area (TPSA) is 78.5 Å². The molecule has 1 saturated carbocycles. The van der Waals surface area contributed by atoms with Gasteiger partial charge in [-0.25, -0.2) is 18.3 Å². The van der Waals surface area contributed by atoms with Crippen molar-refractivity contribution in [3.8, 4) is 22.8 Å². The molecule has 0 unspecified atom stereocenters. The number of nitrogens with zero attached hydrogens (tertiary/aromatic N) is 4. The zero-order chi connectivity index (χ0) is 27.1. The van der Waals surface area contributed by atoms with Crippen LogP contribution in [0.25, 0.3) is 16.8 Å². The summed E-state index contributed by atoms with van der Waals surface area (Å²) in [6, 6.07) is 13.6. The first-order chi connectivity index (χ1) is 18.8. The lowest BCUT2D eigenvalue weighted by molar-refractivity contribution is -0.133. The van der Waals surface area contributed by atoms with E-state index in [1.165, 1.54) is 24.3 Å². The van der Waals surface area contributed by atoms with Gasteiger partial charge in [0.1, 0.15) is 11.3 Å². The Morgan fingerprint density at radius 3 is 2.31 bits per heavy atom. The first kappa shape index (κ1) is 24.7. The Morgan fingerprint density at radius 1 is 0.923 bits per heavy atom. The van der Waals surface area contributed by atoms with Crippen molar-refractivity contribution < 1.29 is 23.1 Å². The van der Waals surface area contributed by atoms with Crippen molar-refractivity contribution in [3.63, 3.8) is 0 Å². The summed E-state index contributed by atoms with van der Waals surface area (Å²) < 4.78 is 37.8. The molecule has 1 aliphatic rings. The van der Waals surface area contributed by atoms with Gasteiger partial charge in [0, 0.05) is 37.8 Å². The summed E-state index contributed by atoms with van der Waals surface area (Å²) >= 11 is 0. The van der Waals surface area contributed by atoms with Crippen molar-refractivity contribution in [2.45, 2.75) is 25.7 Å². The predicted molar refractivity (Wildman–Crippen MR) is 139 cm³/mol. The molecule has 5 aromatic rings. The first-order valence-corrected chi connectivity index (χ1v) is 12.5. The molecule has 196 valence electrons. The maximum absolute atomic E-state index is 15.2. The van der Waals surface area contributed by atoms with E-state index >= 15 is 4.39 Å². The molecule has 6 rings (SSSR count). The molecule has 0 bridgehead atoms. The van der Waals surface area contributed by atoms with Gasteiger partial charge in [0.2, 0.25) is 0 Å². The lowest BCUT2D eigenvalue weighted by Crippen LogP contribution is -2.28. The largest absolute Gasteiger partial charge is 0.452 e. The van der Waals surface area contributed by atoms with Crippen molar-refractivity contribution in [3.05, 3.63) is 102 Å². The highest BCUT2D eigenvalue weighted by atomic mass is 19.1. The number of carbonyl (C=O) groups excluding carboxylic acids is 2. The molecule has 0 aliphatic heterocycles. The van der Waals surface area contributed by atoms with E-state index in [9.17, 15) is 14.0 Å². The van der Waals surface area contributed by atoms with E-state index in [1.807, 2.05) is 24.0 Å². The number of fused-ring (bicyclic) bond motifs is 1. The number of imidazole rings is 1. The molecule has 0 atom stereocenters. The van der Waals surface area contributed by atoms with Gasteiger partial charge in [-0.3, -0.25) is 9.59 Å². The maximum Gasteiger partial charge on any atom is 0.166 e. The summed E-state index contributed by atoms with van der Waals surface area (Å²) in [6.07, 6.45) is 7.94. The lowest BCUT2D eigenvalue weighted by atomic mass is 9.88. The number of carbonyl (C=O) groups is 2. The normalized spacial score (nSPS) is 13.9. The molecule has 0 amide bonds. The minimum absolute atomic E-state index is 0.000918. The Kier molecular flexibility index (Phi) is 6.06. The van der Waals surface area contributed by atoms with Crippen molar-refractivity contribution >= 4 is 17.1 Å². The second kappa shape index (κ2) is 9.58. The average Bonchev–Trinajstić information content (AvgIpc) is 3.40. The molecule has 1 fully saturated rings. The molecule has 0 radical (unpaired) electrons. The molecule has 3 aromatic heterocycles. The molecular weight excluding hydrogens is 502 g/mol. The van der Waals surface area contributed by atoms with Crippen LogP contribution in [0, 0.1) is 17.0 Å². The molecule has 1 aliphatic carbocycles. The van der Waals surface area contributed by atoms with E-state index in [1.54, 1.807) is 47.4 Å². The highest BCUT2D eigenvalue weighted by Crippen LogP contribution is 2.49. The molecular formula is C30H24F2N4O3. The molecule has 0 spiro atoms. The van der Waals surface area contributed by atoms with Crippen LogP contribution in [-0.4, -0.2) is 30.7 Å². The SMILES string of the molecule is Cn1cnc(-c2cc(Oc3ccc(CC(=O)C4(C(=O)Cc5ccc(F)cc5)CC4)cc3F)c3ccnn3c2)c1. The number of pyridine rings is 1. The van der Waals surface area contributed by atoms with E-state index in [-0.39, 0.29) is 36.0 Å². The van der Waals surface area contributed by atoms with Crippen LogP contribution in [-0.2, 0) is 29.5 Å². The van der Waals surface area contributed by atoms with Crippen molar-refractivity contribution in [2.75, 3.05) is 0 Å². The Bertz CT molecular complexity index is 1720. The second-order valence-electron chi connectivity index (χ2n) is 9.95. The molecule has 39 heavy (non-hydrogen) atoms. The molecule has 3 heterocycles. The summed E-state index contributed by atoms with van der Waals surface area (Å²) in [5.74, 6) is -1.01. The molecule has 2 aromatic carbocycles. The van der Waals surface area contributed by atoms with Crippen LogP contribution >= 0.6 is 0 Å². The van der Waals surface area contributed by atoms with Crippen LogP contribution in [0.5, 0.6) is 11.5 Å². The number of benzene rings is 2. The summed E-state index contributed by atoms with van der Waals surface area (Å²) in [6.45, 7) is 0. The van der Waals surface area contributed by atoms with E-state index < -0.39 is 11.2 Å². The standard InChI is InChI=1S/C30H24F2N4O3/c1-35-17-24(33-18-35)21-15-27(25-8-11-34-36(25)16-21)39-26-7-4-20(12-23(26)32)14-29(38)30(9-10-30)28(37)13-19-2-5-22(31)6-3-19/h2-8,11-12,15-18H,9-10,13-14H2,1H3. The number of hydrogen-bond donors (Lipinski definition) is 0. The Morgan fingerprint density at radius 2 is 1.64 bits per heavy atom. The highest BCUT2D eigenvalue weighted by molar-refractivity contribution is 6.10. The number of ether oxygens (including phenoxy) is 1. The summed E-state index contributed by atoms with van der Waals surface area (Å²) in [7, 11) is 1.87. The van der Waals surface area contributed by atoms with Crippen molar-refractivity contribution in [1.29, 1.82) is 0 Å². The Labute approximate surface area is 222 Å². The predicted octanol–water partition coefficient (Wildman–Crippen LogP) is 5.51. The number of Topliss-reactive ketones (excluding diaryl/α,β-unsaturated/α-hetero) is 2. The van der Waals surface area contributed by atoms with Crippen molar-refractivity contribution in [1.82, 2.24) is 19.2 Å². The van der Waals surface area contributed by atoms with Crippen LogP contribution in [0.3, 0.4) is 0 Å². The van der Waals surface area contributed by atoms with Crippen LogP contribution in [0.4, 0.5) is 8.78 Å². The number of halogens is 2. The highest BCUT2D eigenvalue weighted by Gasteiger charge is 2.54. The van der Waals surface area contributed by atoms with Crippen LogP contribution < -0.4 is 4.74 Å². The summed E-state index contributed by atoms with van der Waals surface area (Å²) in [4.78, 5) is 30.4. The van der Waals surface area contributed by atoms with Gasteiger partial charge in [0.15, 0.2) is 28.9 Å². The summed E-state index contributed by atoms with van der Waals surface area (Å²) in [5, 5.41) is 4.28. The third-order valence-electron chi connectivity index (χ3n) is 7.15. The second-order valence-corrected chi connectivity index (χ2v) is 9.95. The molecule has 0 saturated heterocycles. The van der Waals surface area contributed by atoms with Crippen LogP contribution in [0.2, 0.25) is 0 Å². The Hall–Kier alpha value is -4.66. The van der Waals surface area contributed by atoms with Crippen LogP contribution in [0.1, 0.15) is 24.0 Å². The fourth-order valence-corrected chi connectivity index (χ4v) is 4.79. The fraction of sp³-hybridized carbons (Fsp3) is 0.200. The number of aromatic nitrogens is 4. The van der Waals surface area contributed by atoms with Gasteiger partial charge in [0.25, 0.3) is 0 Å². The molecule has 9 heteroatoms. The number of hydrogen-bond acceptors (Lipinski definition) is 5. The first-order valence-electron chi connectivity index (χ1n) is 12.5. The van der Waals surface area contributed by atoms with Gasteiger partial charge in [-0.15, -0.1) is 0 Å². The zero-order valence-electron chi connectivity index (χ0n) is 21.1. The minimum Gasteiger partial charge on any atom is -0.452 e. The third-order valence-corrected chi connectivity index (χ3v) is 7.15. The Balaban J connectivity index is 1.19. The minimum atomic E-state index is -1.04. The molecule has 7 nitrogen and oxygen atoms in total. The fourth-order valence-electron chi connectivity index (χ4n) is 4.79. The average molecular weight is 527 g/mol. The van der Waals surface area contributed by atoms with E-state index in [2.05, 4.69) is 10.1 Å². The van der Waals surface area contributed by atoms with E-state index in [0.29, 0.717) is 35.2 Å². The van der Waals surface area contributed by atoms with Gasteiger partial charge in [-0.1, -0.05) is 18.2 Å². The zero-order valence-corrected chi connectivity index (χ0v) is 21.1. The lowest BCUT2D eigenvalue weighted by Gasteiger charge is -2.14. The number of rotatable bonds is 9. The van der Waals surface area contributed by atoms with Gasteiger partial charge < -0.3 is 9.30 Å². The van der Waals surface area contributed by atoms with Gasteiger partial charge in [-0.2, -0.15) is 5.10 Å². The third kappa shape index (κ3) is 4.83.